The molecule has 0 aliphatic rings. The third-order valence-electron chi connectivity index (χ3n) is 2.28. The average Bonchev–Trinajstić information content (AvgIpc) is 2.20. The highest BCUT2D eigenvalue weighted by molar-refractivity contribution is 6.31. The number of hydrogen-bond donors (Lipinski definition) is 1. The average molecular weight is 279 g/mol. The van der Waals surface area contributed by atoms with Crippen molar-refractivity contribution >= 4 is 35.0 Å². The minimum absolute atomic E-state index is 0.0956. The van der Waals surface area contributed by atoms with Crippen molar-refractivity contribution in [1.82, 2.24) is 0 Å². The fourth-order valence-corrected chi connectivity index (χ4v) is 2.05. The van der Waals surface area contributed by atoms with E-state index in [2.05, 4.69) is 0 Å². The van der Waals surface area contributed by atoms with Crippen molar-refractivity contribution in [2.45, 2.75) is 12.3 Å². The first-order valence-electron chi connectivity index (χ1n) is 4.67. The van der Waals surface area contributed by atoms with Gasteiger partial charge in [0.05, 0.1) is 10.4 Å². The highest BCUT2D eigenvalue weighted by Crippen LogP contribution is 2.33. The number of carboxylic acid groups (broad SMARTS) is 1. The number of carbonyl (C=O) groups is 2. The van der Waals surface area contributed by atoms with Gasteiger partial charge >= 0.3 is 5.97 Å². The van der Waals surface area contributed by atoms with Crippen LogP contribution in [0.25, 0.3) is 0 Å². The maximum absolute atomic E-state index is 13.6. The van der Waals surface area contributed by atoms with Gasteiger partial charge in [0.2, 0.25) is 0 Å². The lowest BCUT2D eigenvalue weighted by Crippen LogP contribution is -2.26. The molecular weight excluding hydrogens is 270 g/mol. The van der Waals surface area contributed by atoms with E-state index >= 15 is 0 Å². The quantitative estimate of drug-likeness (QED) is 0.680. The van der Waals surface area contributed by atoms with Crippen LogP contribution in [0.5, 0.6) is 0 Å². The molecule has 0 heterocycles. The summed E-state index contributed by atoms with van der Waals surface area (Å²) in [6, 6.07) is 4.06. The Morgan fingerprint density at radius 3 is 2.47 bits per heavy atom. The third kappa shape index (κ3) is 2.96. The molecule has 92 valence electrons. The summed E-state index contributed by atoms with van der Waals surface area (Å²) in [6.07, 6.45) is 0. The lowest BCUT2D eigenvalue weighted by Gasteiger charge is -2.16. The summed E-state index contributed by atoms with van der Waals surface area (Å²) in [5, 5.41) is 7.42. The van der Waals surface area contributed by atoms with Crippen molar-refractivity contribution in [1.29, 1.82) is 0 Å². The van der Waals surface area contributed by atoms with Crippen LogP contribution in [0.1, 0.15) is 17.9 Å². The molecule has 0 saturated heterocycles. The van der Waals surface area contributed by atoms with Crippen LogP contribution in [0.15, 0.2) is 18.2 Å². The van der Waals surface area contributed by atoms with Gasteiger partial charge < -0.3 is 5.11 Å². The summed E-state index contributed by atoms with van der Waals surface area (Å²) in [5.41, 5.74) is -0.0956. The molecule has 0 spiro atoms. The van der Waals surface area contributed by atoms with E-state index in [0.717, 1.165) is 6.92 Å². The Morgan fingerprint density at radius 2 is 2.00 bits per heavy atom. The molecule has 0 fully saturated rings. The standard InChI is InChI=1S/C11H9Cl2FO3/c1-5(15)8(11(16)17)9(13)6-3-2-4-7(12)10(6)14/h2-4,8-9H,1H3,(H,16,17). The number of ketones is 1. The van der Waals surface area contributed by atoms with E-state index < -0.39 is 28.9 Å². The molecule has 0 saturated carbocycles. The van der Waals surface area contributed by atoms with Crippen LogP contribution in [0, 0.1) is 11.7 Å². The van der Waals surface area contributed by atoms with Gasteiger partial charge in [-0.25, -0.2) is 4.39 Å². The van der Waals surface area contributed by atoms with E-state index in [0.29, 0.717) is 0 Å². The Balaban J connectivity index is 3.18. The third-order valence-corrected chi connectivity index (χ3v) is 3.05. The highest BCUT2D eigenvalue weighted by atomic mass is 35.5. The van der Waals surface area contributed by atoms with Crippen LogP contribution < -0.4 is 0 Å². The smallest absolute Gasteiger partial charge is 0.315 e. The van der Waals surface area contributed by atoms with Crippen LogP contribution in [-0.2, 0) is 9.59 Å². The van der Waals surface area contributed by atoms with E-state index in [1.165, 1.54) is 18.2 Å². The maximum atomic E-state index is 13.6. The minimum Gasteiger partial charge on any atom is -0.481 e. The molecule has 2 unspecified atom stereocenters. The molecule has 3 nitrogen and oxygen atoms in total. The summed E-state index contributed by atoms with van der Waals surface area (Å²) in [7, 11) is 0. The van der Waals surface area contributed by atoms with Gasteiger partial charge in [-0.15, -0.1) is 11.6 Å². The molecule has 17 heavy (non-hydrogen) atoms. The predicted octanol–water partition coefficient (Wildman–Crippen LogP) is 3.05. The number of halogens is 3. The molecule has 0 radical (unpaired) electrons. The van der Waals surface area contributed by atoms with E-state index in [-0.39, 0.29) is 10.6 Å². The summed E-state index contributed by atoms with van der Waals surface area (Å²) in [5.74, 6) is -4.33. The second-order valence-corrected chi connectivity index (χ2v) is 4.35. The van der Waals surface area contributed by atoms with Crippen LogP contribution in [0.4, 0.5) is 4.39 Å². The number of carbonyl (C=O) groups excluding carboxylic acids is 1. The second kappa shape index (κ2) is 5.47. The van der Waals surface area contributed by atoms with Crippen molar-refractivity contribution in [2.75, 3.05) is 0 Å². The second-order valence-electron chi connectivity index (χ2n) is 3.47. The number of carboxylic acids is 1. The maximum Gasteiger partial charge on any atom is 0.315 e. The van der Waals surface area contributed by atoms with Crippen LogP contribution in [0.3, 0.4) is 0 Å². The number of benzene rings is 1. The first-order chi connectivity index (χ1) is 7.86. The Kier molecular flexibility index (Phi) is 4.48. The van der Waals surface area contributed by atoms with E-state index in [9.17, 15) is 14.0 Å². The minimum atomic E-state index is -1.50. The zero-order chi connectivity index (χ0) is 13.2. The lowest BCUT2D eigenvalue weighted by molar-refractivity contribution is -0.145. The topological polar surface area (TPSA) is 54.4 Å². The zero-order valence-electron chi connectivity index (χ0n) is 8.78. The van der Waals surface area contributed by atoms with Gasteiger partial charge in [-0.1, -0.05) is 23.7 Å². The Bertz CT molecular complexity index is 448. The molecule has 0 aliphatic carbocycles. The van der Waals surface area contributed by atoms with Crippen molar-refractivity contribution in [2.24, 2.45) is 5.92 Å². The zero-order valence-corrected chi connectivity index (χ0v) is 10.3. The predicted molar refractivity (Wildman–Crippen MR) is 61.8 cm³/mol. The molecule has 0 amide bonds. The molecule has 6 heteroatoms. The van der Waals surface area contributed by atoms with Gasteiger partial charge in [0.25, 0.3) is 0 Å². The molecule has 0 bridgehead atoms. The Labute approximate surface area is 107 Å². The summed E-state index contributed by atoms with van der Waals surface area (Å²) < 4.78 is 13.6. The van der Waals surface area contributed by atoms with Crippen molar-refractivity contribution < 1.29 is 19.1 Å². The summed E-state index contributed by atoms with van der Waals surface area (Å²) in [4.78, 5) is 22.1. The van der Waals surface area contributed by atoms with Gasteiger partial charge in [-0.2, -0.15) is 0 Å². The van der Waals surface area contributed by atoms with Gasteiger partial charge in [0, 0.05) is 5.56 Å². The summed E-state index contributed by atoms with van der Waals surface area (Å²) in [6.45, 7) is 1.09. The first-order valence-corrected chi connectivity index (χ1v) is 5.49. The summed E-state index contributed by atoms with van der Waals surface area (Å²) >= 11 is 11.4. The molecular formula is C11H9Cl2FO3. The Morgan fingerprint density at radius 1 is 1.41 bits per heavy atom. The largest absolute Gasteiger partial charge is 0.481 e. The molecule has 2 atom stereocenters. The van der Waals surface area contributed by atoms with Crippen LogP contribution >= 0.6 is 23.2 Å². The van der Waals surface area contributed by atoms with Gasteiger partial charge in [0.1, 0.15) is 17.5 Å². The number of hydrogen-bond acceptors (Lipinski definition) is 2. The fourth-order valence-electron chi connectivity index (χ4n) is 1.42. The van der Waals surface area contributed by atoms with Crippen LogP contribution in [0.2, 0.25) is 5.02 Å². The molecule has 1 aromatic rings. The Hall–Kier alpha value is -1.13. The monoisotopic (exact) mass is 278 g/mol. The van der Waals surface area contributed by atoms with Gasteiger partial charge in [-0.3, -0.25) is 9.59 Å². The van der Waals surface area contributed by atoms with Crippen LogP contribution in [-0.4, -0.2) is 16.9 Å². The first kappa shape index (κ1) is 13.9. The van der Waals surface area contributed by atoms with E-state index in [1.807, 2.05) is 0 Å². The normalized spacial score (nSPS) is 14.1. The highest BCUT2D eigenvalue weighted by Gasteiger charge is 2.33. The van der Waals surface area contributed by atoms with E-state index in [1.54, 1.807) is 0 Å². The molecule has 1 aromatic carbocycles. The van der Waals surface area contributed by atoms with Crippen molar-refractivity contribution in [3.8, 4) is 0 Å². The SMILES string of the molecule is CC(=O)C(C(=O)O)C(Cl)c1cccc(Cl)c1F. The van der Waals surface area contributed by atoms with Crippen molar-refractivity contribution in [3.05, 3.63) is 34.6 Å². The number of alkyl halides is 1. The number of rotatable bonds is 4. The van der Waals surface area contributed by atoms with Crippen molar-refractivity contribution in [3.63, 3.8) is 0 Å². The molecule has 0 aromatic heterocycles. The molecule has 0 aliphatic heterocycles. The number of aliphatic carboxylic acids is 1. The molecule has 1 rings (SSSR count). The molecule has 1 N–H and O–H groups in total. The number of Topliss-reactive ketones (excluding diaryl/α,β-unsaturated/α-hetero) is 1. The van der Waals surface area contributed by atoms with Gasteiger partial charge in [0.15, 0.2) is 0 Å². The lowest BCUT2D eigenvalue weighted by atomic mass is 9.95. The fraction of sp³-hybridized carbons (Fsp3) is 0.273. The van der Waals surface area contributed by atoms with E-state index in [4.69, 9.17) is 28.3 Å². The van der Waals surface area contributed by atoms with Gasteiger partial charge in [-0.05, 0) is 13.0 Å².